The quantitative estimate of drug-likeness (QED) is 0.423. The van der Waals surface area contributed by atoms with Crippen LogP contribution < -0.4 is 0 Å². The Kier molecular flexibility index (Phi) is 6.55. The van der Waals surface area contributed by atoms with E-state index in [2.05, 4.69) is 41.2 Å². The second-order valence-electron chi connectivity index (χ2n) is 9.20. The summed E-state index contributed by atoms with van der Waals surface area (Å²) in [6.07, 6.45) is 3.94. The van der Waals surface area contributed by atoms with E-state index in [-0.39, 0.29) is 24.1 Å². The number of hydrogen-bond acceptors (Lipinski definition) is 5. The lowest BCUT2D eigenvalue weighted by Crippen LogP contribution is -2.22. The van der Waals surface area contributed by atoms with Gasteiger partial charge in [0.05, 0.1) is 11.6 Å². The summed E-state index contributed by atoms with van der Waals surface area (Å²) in [5, 5.41) is 0. The lowest BCUT2D eigenvalue weighted by Gasteiger charge is -2.25. The second kappa shape index (κ2) is 9.92. The zero-order chi connectivity index (χ0) is 24.4. The first-order valence-electron chi connectivity index (χ1n) is 11.9. The van der Waals surface area contributed by atoms with Gasteiger partial charge in [-0.1, -0.05) is 48.5 Å². The summed E-state index contributed by atoms with van der Waals surface area (Å²) in [7, 11) is 2.15. The number of ketones is 1. The van der Waals surface area contributed by atoms with Gasteiger partial charge in [0.25, 0.3) is 6.47 Å². The van der Waals surface area contributed by atoms with Crippen LogP contribution in [0.25, 0.3) is 0 Å². The van der Waals surface area contributed by atoms with Gasteiger partial charge in [-0.3, -0.25) is 19.5 Å². The highest BCUT2D eigenvalue weighted by Crippen LogP contribution is 2.39. The van der Waals surface area contributed by atoms with Crippen molar-refractivity contribution >= 4 is 24.2 Å². The monoisotopic (exact) mass is 470 g/mol. The van der Waals surface area contributed by atoms with Crippen LogP contribution in [0.1, 0.15) is 63.3 Å². The van der Waals surface area contributed by atoms with Gasteiger partial charge in [0.2, 0.25) is 0 Å². The molecule has 35 heavy (non-hydrogen) atoms. The third kappa shape index (κ3) is 4.54. The molecular weight excluding hydrogens is 443 g/mol. The van der Waals surface area contributed by atoms with Crippen LogP contribution in [0.4, 0.5) is 10.1 Å². The van der Waals surface area contributed by atoms with Crippen LogP contribution in [-0.2, 0) is 9.53 Å². The summed E-state index contributed by atoms with van der Waals surface area (Å²) in [4.78, 5) is 31.7. The molecule has 2 aliphatic heterocycles. The van der Waals surface area contributed by atoms with E-state index in [1.54, 1.807) is 18.3 Å². The Balaban J connectivity index is 1.52. The van der Waals surface area contributed by atoms with Crippen LogP contribution in [0.2, 0.25) is 0 Å². The Morgan fingerprint density at radius 2 is 1.83 bits per heavy atom. The van der Waals surface area contributed by atoms with Crippen LogP contribution in [0, 0.1) is 5.82 Å². The molecule has 0 saturated carbocycles. The molecule has 1 saturated heterocycles. The van der Waals surface area contributed by atoms with Crippen molar-refractivity contribution in [1.82, 2.24) is 4.90 Å². The van der Waals surface area contributed by atoms with E-state index in [9.17, 15) is 14.0 Å². The molecule has 5 nitrogen and oxygen atoms in total. The largest absolute Gasteiger partial charge is 0.467 e. The van der Waals surface area contributed by atoms with Crippen molar-refractivity contribution in [2.24, 2.45) is 4.99 Å². The first-order valence-corrected chi connectivity index (χ1v) is 11.9. The molecule has 0 bridgehead atoms. The minimum absolute atomic E-state index is 0.0995. The summed E-state index contributed by atoms with van der Waals surface area (Å²) >= 11 is 0. The van der Waals surface area contributed by atoms with Crippen LogP contribution in [-0.4, -0.2) is 43.6 Å². The smallest absolute Gasteiger partial charge is 0.293 e. The van der Waals surface area contributed by atoms with E-state index in [0.717, 1.165) is 24.1 Å². The molecule has 3 aromatic rings. The van der Waals surface area contributed by atoms with Crippen molar-refractivity contribution in [3.8, 4) is 0 Å². The number of rotatable bonds is 7. The standard InChI is InChI=1S/C29H27FN2O3/c1-32-15-3-6-27(32)21-9-7-20(8-10-21)25(17-35-18-33)23-4-2-5-26-28(23)29(34)24(16-31-26)19-11-13-22(30)14-12-19/h2,4-5,7-14,16,18,24-25,27H,3,6,15,17H2,1H3. The third-order valence-electron chi connectivity index (χ3n) is 7.15. The highest BCUT2D eigenvalue weighted by atomic mass is 19.1. The van der Waals surface area contributed by atoms with Gasteiger partial charge in [-0.25, -0.2) is 4.39 Å². The minimum atomic E-state index is -0.600. The molecule has 3 atom stereocenters. The van der Waals surface area contributed by atoms with Crippen molar-refractivity contribution in [2.75, 3.05) is 20.2 Å². The Morgan fingerprint density at radius 1 is 1.09 bits per heavy atom. The van der Waals surface area contributed by atoms with Gasteiger partial charge in [0, 0.05) is 23.7 Å². The fourth-order valence-electron chi connectivity index (χ4n) is 5.29. The molecule has 0 N–H and O–H groups in total. The number of carbonyl (C=O) groups is 2. The normalized spacial score (nSPS) is 20.5. The molecule has 3 aromatic carbocycles. The molecule has 0 aliphatic carbocycles. The van der Waals surface area contributed by atoms with E-state index in [1.807, 2.05) is 18.2 Å². The number of carbonyl (C=O) groups excluding carboxylic acids is 2. The number of aliphatic imine (C=N–C) groups is 1. The number of halogens is 1. The topological polar surface area (TPSA) is 59.0 Å². The number of Topliss-reactive ketones (excluding diaryl/α,β-unsaturated/α-hetero) is 1. The summed E-state index contributed by atoms with van der Waals surface area (Å²) in [5.74, 6) is -1.38. The van der Waals surface area contributed by atoms with E-state index in [0.29, 0.717) is 29.3 Å². The third-order valence-corrected chi connectivity index (χ3v) is 7.15. The molecular formula is C29H27FN2O3. The fourth-order valence-corrected chi connectivity index (χ4v) is 5.29. The Bertz CT molecular complexity index is 1250. The van der Waals surface area contributed by atoms with Crippen LogP contribution in [0.15, 0.2) is 71.7 Å². The van der Waals surface area contributed by atoms with Crippen molar-refractivity contribution in [3.63, 3.8) is 0 Å². The van der Waals surface area contributed by atoms with Crippen molar-refractivity contribution in [2.45, 2.75) is 30.7 Å². The van der Waals surface area contributed by atoms with Crippen molar-refractivity contribution < 1.29 is 18.7 Å². The summed E-state index contributed by atoms with van der Waals surface area (Å²) < 4.78 is 18.7. The predicted octanol–water partition coefficient (Wildman–Crippen LogP) is 5.58. The maximum atomic E-state index is 13.7. The van der Waals surface area contributed by atoms with E-state index in [4.69, 9.17) is 4.74 Å². The average Bonchev–Trinajstić information content (AvgIpc) is 3.31. The molecule has 0 amide bonds. The zero-order valence-electron chi connectivity index (χ0n) is 19.6. The molecule has 0 aromatic heterocycles. The highest BCUT2D eigenvalue weighted by molar-refractivity contribution is 6.16. The number of benzene rings is 3. The fraction of sp³-hybridized carbons (Fsp3) is 0.276. The first-order chi connectivity index (χ1) is 17.1. The minimum Gasteiger partial charge on any atom is -0.467 e. The Hall–Kier alpha value is -3.64. The Morgan fingerprint density at radius 3 is 2.51 bits per heavy atom. The average molecular weight is 471 g/mol. The summed E-state index contributed by atoms with van der Waals surface area (Å²) in [6.45, 7) is 1.64. The summed E-state index contributed by atoms with van der Waals surface area (Å²) in [5.41, 5.74) is 4.78. The molecule has 1 fully saturated rings. The van der Waals surface area contributed by atoms with Gasteiger partial charge < -0.3 is 4.74 Å². The molecule has 6 heteroatoms. The van der Waals surface area contributed by atoms with Gasteiger partial charge in [-0.05, 0) is 66.9 Å². The number of likely N-dealkylation sites (tertiary alicyclic amines) is 1. The molecule has 178 valence electrons. The van der Waals surface area contributed by atoms with Crippen LogP contribution in [0.5, 0.6) is 0 Å². The van der Waals surface area contributed by atoms with Crippen LogP contribution >= 0.6 is 0 Å². The van der Waals surface area contributed by atoms with Gasteiger partial charge in [-0.15, -0.1) is 0 Å². The van der Waals surface area contributed by atoms with Gasteiger partial charge in [0.1, 0.15) is 12.4 Å². The lowest BCUT2D eigenvalue weighted by molar-refractivity contribution is -0.128. The van der Waals surface area contributed by atoms with E-state index in [1.165, 1.54) is 24.1 Å². The maximum Gasteiger partial charge on any atom is 0.293 e. The lowest BCUT2D eigenvalue weighted by atomic mass is 9.81. The SMILES string of the molecule is CN1CCCC1c1ccc(C(COC=O)c2cccc3c2C(=O)C(c2ccc(F)cc2)C=N3)cc1. The molecule has 5 rings (SSSR count). The number of hydrogen-bond donors (Lipinski definition) is 0. The number of fused-ring (bicyclic) bond motifs is 1. The maximum absolute atomic E-state index is 13.7. The van der Waals surface area contributed by atoms with E-state index < -0.39 is 5.92 Å². The van der Waals surface area contributed by atoms with E-state index >= 15 is 0 Å². The summed E-state index contributed by atoms with van der Waals surface area (Å²) in [6, 6.07) is 20.3. The molecule has 0 radical (unpaired) electrons. The van der Waals surface area contributed by atoms with Crippen molar-refractivity contribution in [1.29, 1.82) is 0 Å². The number of nitrogens with zero attached hydrogens (tertiary/aromatic N) is 2. The highest BCUT2D eigenvalue weighted by Gasteiger charge is 2.32. The predicted molar refractivity (Wildman–Crippen MR) is 133 cm³/mol. The molecule has 0 spiro atoms. The molecule has 3 unspecified atom stereocenters. The second-order valence-corrected chi connectivity index (χ2v) is 9.20. The first kappa shape index (κ1) is 23.1. The van der Waals surface area contributed by atoms with Gasteiger partial charge >= 0.3 is 0 Å². The Labute approximate surface area is 204 Å². The zero-order valence-corrected chi connectivity index (χ0v) is 19.6. The van der Waals surface area contributed by atoms with Gasteiger partial charge in [-0.2, -0.15) is 0 Å². The molecule has 2 heterocycles. The van der Waals surface area contributed by atoms with Gasteiger partial charge in [0.15, 0.2) is 5.78 Å². The number of ether oxygens (including phenoxy) is 1. The van der Waals surface area contributed by atoms with Crippen LogP contribution in [0.3, 0.4) is 0 Å². The van der Waals surface area contributed by atoms with Crippen molar-refractivity contribution in [3.05, 3.63) is 100 Å². The molecule has 2 aliphatic rings.